The first-order valence-electron chi connectivity index (χ1n) is 11.2. The number of alkyl carbamates (subject to hydrolysis) is 1. The van der Waals surface area contributed by atoms with Gasteiger partial charge in [-0.3, -0.25) is 9.63 Å². The van der Waals surface area contributed by atoms with Crippen LogP contribution in [0.25, 0.3) is 11.1 Å². The molecule has 2 aromatic carbocycles. The van der Waals surface area contributed by atoms with Crippen LogP contribution < -0.4 is 5.32 Å². The number of aliphatic carboxylic acids is 1. The number of carboxylic acids is 1. The van der Waals surface area contributed by atoms with Crippen LogP contribution in [0.2, 0.25) is 0 Å². The first kappa shape index (κ1) is 23.7. The molecule has 34 heavy (non-hydrogen) atoms. The molecule has 2 amide bonds. The van der Waals surface area contributed by atoms with Crippen LogP contribution in [0.5, 0.6) is 0 Å². The molecule has 0 radical (unpaired) electrons. The van der Waals surface area contributed by atoms with Gasteiger partial charge in [0.15, 0.2) is 6.61 Å². The van der Waals surface area contributed by atoms with Gasteiger partial charge in [0, 0.05) is 38.0 Å². The summed E-state index contributed by atoms with van der Waals surface area (Å²) in [6.45, 7) is 0.362. The fourth-order valence-corrected chi connectivity index (χ4v) is 4.56. The standard InChI is InChI=1S/C25H28N2O7/c1-27(34-15-24(29)30)23(28)12-16-13-32-11-10-22(16)26-25(31)33-14-21-19-8-4-2-6-17(19)18-7-3-5-9-20(18)21/h2-9,16,21-22H,10-15H2,1H3,(H,26,31)(H,29,30). The highest BCUT2D eigenvalue weighted by Gasteiger charge is 2.32. The van der Waals surface area contributed by atoms with E-state index in [2.05, 4.69) is 29.6 Å². The second-order valence-corrected chi connectivity index (χ2v) is 8.46. The maximum atomic E-state index is 12.7. The highest BCUT2D eigenvalue weighted by atomic mass is 16.7. The SMILES string of the molecule is CN(OCC(=O)O)C(=O)CC1COCCC1NC(=O)OCC1c2ccccc2-c2ccccc21. The molecule has 2 unspecified atom stereocenters. The van der Waals surface area contributed by atoms with Crippen LogP contribution in [0.3, 0.4) is 0 Å². The average Bonchev–Trinajstić information content (AvgIpc) is 3.16. The molecular formula is C25H28N2O7. The fourth-order valence-electron chi connectivity index (χ4n) is 4.56. The molecule has 0 bridgehead atoms. The van der Waals surface area contributed by atoms with Gasteiger partial charge in [-0.05, 0) is 28.7 Å². The number of nitrogens with one attached hydrogen (secondary N) is 1. The summed E-state index contributed by atoms with van der Waals surface area (Å²) in [5.41, 5.74) is 4.58. The minimum absolute atomic E-state index is 0.0368. The lowest BCUT2D eigenvalue weighted by atomic mass is 9.92. The van der Waals surface area contributed by atoms with E-state index in [1.54, 1.807) is 0 Å². The van der Waals surface area contributed by atoms with Gasteiger partial charge in [-0.25, -0.2) is 14.7 Å². The summed E-state index contributed by atoms with van der Waals surface area (Å²) in [4.78, 5) is 40.6. The summed E-state index contributed by atoms with van der Waals surface area (Å²) in [5, 5.41) is 12.5. The third kappa shape index (κ3) is 5.37. The van der Waals surface area contributed by atoms with Gasteiger partial charge in [-0.15, -0.1) is 0 Å². The van der Waals surface area contributed by atoms with Crippen LogP contribution in [0.1, 0.15) is 29.9 Å². The number of amides is 2. The second kappa shape index (κ2) is 10.7. The highest BCUT2D eigenvalue weighted by Crippen LogP contribution is 2.44. The van der Waals surface area contributed by atoms with Gasteiger partial charge in [0.2, 0.25) is 5.91 Å². The Balaban J connectivity index is 1.34. The second-order valence-electron chi connectivity index (χ2n) is 8.46. The Morgan fingerprint density at radius 2 is 1.74 bits per heavy atom. The molecule has 1 aliphatic carbocycles. The third-order valence-electron chi connectivity index (χ3n) is 6.29. The van der Waals surface area contributed by atoms with Gasteiger partial charge in [-0.1, -0.05) is 48.5 Å². The van der Waals surface area contributed by atoms with Crippen LogP contribution >= 0.6 is 0 Å². The van der Waals surface area contributed by atoms with Gasteiger partial charge < -0.3 is 19.9 Å². The zero-order valence-electron chi connectivity index (χ0n) is 18.9. The molecule has 0 spiro atoms. The monoisotopic (exact) mass is 468 g/mol. The van der Waals surface area contributed by atoms with Crippen LogP contribution in [0.4, 0.5) is 4.79 Å². The zero-order valence-corrected chi connectivity index (χ0v) is 18.9. The molecule has 2 atom stereocenters. The number of carbonyl (C=O) groups is 3. The van der Waals surface area contributed by atoms with Crippen molar-refractivity contribution in [3.8, 4) is 11.1 Å². The van der Waals surface area contributed by atoms with Crippen molar-refractivity contribution in [3.63, 3.8) is 0 Å². The van der Waals surface area contributed by atoms with Crippen molar-refractivity contribution in [1.82, 2.24) is 10.4 Å². The van der Waals surface area contributed by atoms with Crippen LogP contribution in [-0.4, -0.2) is 67.7 Å². The van der Waals surface area contributed by atoms with Crippen molar-refractivity contribution < 1.29 is 33.8 Å². The minimum Gasteiger partial charge on any atom is -0.479 e. The number of nitrogens with zero attached hydrogens (tertiary/aromatic N) is 1. The molecule has 180 valence electrons. The van der Waals surface area contributed by atoms with Crippen LogP contribution in [0.15, 0.2) is 48.5 Å². The van der Waals surface area contributed by atoms with Crippen molar-refractivity contribution in [1.29, 1.82) is 0 Å². The van der Waals surface area contributed by atoms with Crippen molar-refractivity contribution >= 4 is 18.0 Å². The van der Waals surface area contributed by atoms with E-state index < -0.39 is 24.6 Å². The predicted octanol–water partition coefficient (Wildman–Crippen LogP) is 2.79. The molecule has 0 saturated carbocycles. The van der Waals surface area contributed by atoms with Crippen molar-refractivity contribution in [3.05, 3.63) is 59.7 Å². The number of rotatable bonds is 8. The largest absolute Gasteiger partial charge is 0.479 e. The highest BCUT2D eigenvalue weighted by molar-refractivity contribution is 5.79. The topological polar surface area (TPSA) is 114 Å². The molecule has 2 N–H and O–H groups in total. The van der Waals surface area contributed by atoms with E-state index in [-0.39, 0.29) is 30.9 Å². The average molecular weight is 469 g/mol. The lowest BCUT2D eigenvalue weighted by molar-refractivity contribution is -0.187. The smallest absolute Gasteiger partial charge is 0.407 e. The number of ether oxygens (including phenoxy) is 2. The van der Waals surface area contributed by atoms with Crippen molar-refractivity contribution in [2.75, 3.05) is 33.5 Å². The van der Waals surface area contributed by atoms with E-state index >= 15 is 0 Å². The minimum atomic E-state index is -1.17. The van der Waals surface area contributed by atoms with Gasteiger partial charge in [0.05, 0.1) is 6.61 Å². The zero-order chi connectivity index (χ0) is 24.1. The van der Waals surface area contributed by atoms with E-state index in [1.165, 1.54) is 7.05 Å². The first-order chi connectivity index (χ1) is 16.4. The van der Waals surface area contributed by atoms with Gasteiger partial charge in [-0.2, -0.15) is 0 Å². The quantitative estimate of drug-likeness (QED) is 0.573. The first-order valence-corrected chi connectivity index (χ1v) is 11.2. The molecule has 9 heteroatoms. The lowest BCUT2D eigenvalue weighted by Crippen LogP contribution is -2.47. The molecule has 1 saturated heterocycles. The Hall–Kier alpha value is -3.43. The van der Waals surface area contributed by atoms with Gasteiger partial charge in [0.25, 0.3) is 0 Å². The maximum absolute atomic E-state index is 12.7. The molecule has 0 aromatic heterocycles. The van der Waals surface area contributed by atoms with Crippen molar-refractivity contribution in [2.45, 2.75) is 24.8 Å². The molecule has 1 heterocycles. The third-order valence-corrected chi connectivity index (χ3v) is 6.29. The maximum Gasteiger partial charge on any atom is 0.407 e. The lowest BCUT2D eigenvalue weighted by Gasteiger charge is -2.32. The van der Waals surface area contributed by atoms with Crippen LogP contribution in [-0.2, 0) is 23.9 Å². The molecule has 2 aliphatic rings. The Bertz CT molecular complexity index is 1010. The Morgan fingerprint density at radius 3 is 2.38 bits per heavy atom. The van der Waals surface area contributed by atoms with Gasteiger partial charge >= 0.3 is 12.1 Å². The number of benzene rings is 2. The van der Waals surface area contributed by atoms with E-state index in [0.29, 0.717) is 19.6 Å². The summed E-state index contributed by atoms with van der Waals surface area (Å²) >= 11 is 0. The number of carbonyl (C=O) groups excluding carboxylic acids is 2. The van der Waals surface area contributed by atoms with E-state index in [9.17, 15) is 14.4 Å². The molecule has 1 fully saturated rings. The van der Waals surface area contributed by atoms with E-state index in [1.807, 2.05) is 24.3 Å². The Kier molecular flexibility index (Phi) is 7.44. The van der Waals surface area contributed by atoms with E-state index in [4.69, 9.17) is 19.4 Å². The molecule has 4 rings (SSSR count). The Morgan fingerprint density at radius 1 is 1.09 bits per heavy atom. The molecular weight excluding hydrogens is 440 g/mol. The summed E-state index contributed by atoms with van der Waals surface area (Å²) in [6, 6.07) is 15.9. The number of hydrogen-bond acceptors (Lipinski definition) is 6. The normalized spacial score (nSPS) is 19.1. The fraction of sp³-hybridized carbons (Fsp3) is 0.400. The number of fused-ring (bicyclic) bond motifs is 3. The summed E-state index contributed by atoms with van der Waals surface area (Å²) in [7, 11) is 1.36. The number of hydrogen-bond donors (Lipinski definition) is 2. The van der Waals surface area contributed by atoms with Crippen LogP contribution in [0, 0.1) is 5.92 Å². The number of carboxylic acid groups (broad SMARTS) is 1. The Labute approximate surface area is 197 Å². The predicted molar refractivity (Wildman–Crippen MR) is 122 cm³/mol. The van der Waals surface area contributed by atoms with E-state index in [0.717, 1.165) is 27.3 Å². The summed E-state index contributed by atoms with van der Waals surface area (Å²) in [5.74, 6) is -1.88. The summed E-state index contributed by atoms with van der Waals surface area (Å²) < 4.78 is 11.1. The summed E-state index contributed by atoms with van der Waals surface area (Å²) in [6.07, 6.45) is 0.0495. The molecule has 2 aromatic rings. The molecule has 1 aliphatic heterocycles. The van der Waals surface area contributed by atoms with Gasteiger partial charge in [0.1, 0.15) is 6.61 Å². The number of hydroxylamine groups is 2. The molecule has 9 nitrogen and oxygen atoms in total. The van der Waals surface area contributed by atoms with Crippen molar-refractivity contribution in [2.24, 2.45) is 5.92 Å².